The Hall–Kier alpha value is -0.570. The van der Waals surface area contributed by atoms with Gasteiger partial charge < -0.3 is 10.1 Å². The lowest BCUT2D eigenvalue weighted by Crippen LogP contribution is -2.32. The Morgan fingerprint density at radius 1 is 1.12 bits per heavy atom. The largest absolute Gasteiger partial charge is 0.465 e. The molecule has 0 fully saturated rings. The van der Waals surface area contributed by atoms with Crippen molar-refractivity contribution in [1.29, 1.82) is 0 Å². The van der Waals surface area contributed by atoms with Crippen molar-refractivity contribution in [2.24, 2.45) is 0 Å². The van der Waals surface area contributed by atoms with Crippen molar-refractivity contribution in [2.75, 3.05) is 13.2 Å². The molecule has 1 N–H and O–H groups in total. The molecule has 0 radical (unpaired) electrons. The smallest absolute Gasteiger partial charge is 0.319 e. The molecule has 0 saturated heterocycles. The van der Waals surface area contributed by atoms with E-state index in [2.05, 4.69) is 26.1 Å². The van der Waals surface area contributed by atoms with Gasteiger partial charge in [-0.3, -0.25) is 4.79 Å². The molecular weight excluding hydrogens is 214 g/mol. The van der Waals surface area contributed by atoms with Gasteiger partial charge >= 0.3 is 5.97 Å². The molecule has 0 bridgehead atoms. The molecule has 1 atom stereocenters. The zero-order chi connectivity index (χ0) is 12.9. The summed E-state index contributed by atoms with van der Waals surface area (Å²) in [6.07, 6.45) is 8.28. The standard InChI is InChI=1S/C14H29NO2/c1-4-6-8-9-10-13(3)15-12-14(16)17-11-7-5-2/h13,15H,4-12H2,1-3H3. The molecule has 3 nitrogen and oxygen atoms in total. The van der Waals surface area contributed by atoms with Crippen LogP contribution in [0.5, 0.6) is 0 Å². The summed E-state index contributed by atoms with van der Waals surface area (Å²) < 4.78 is 5.07. The highest BCUT2D eigenvalue weighted by Crippen LogP contribution is 2.04. The molecule has 0 aromatic heterocycles. The Bertz CT molecular complexity index is 183. The van der Waals surface area contributed by atoms with Crippen molar-refractivity contribution in [1.82, 2.24) is 5.32 Å². The van der Waals surface area contributed by atoms with E-state index in [9.17, 15) is 4.79 Å². The summed E-state index contributed by atoms with van der Waals surface area (Å²) in [7, 11) is 0. The van der Waals surface area contributed by atoms with Crippen LogP contribution in [0.2, 0.25) is 0 Å². The van der Waals surface area contributed by atoms with Gasteiger partial charge in [0.05, 0.1) is 13.2 Å². The molecule has 0 aliphatic rings. The molecule has 17 heavy (non-hydrogen) atoms. The Labute approximate surface area is 106 Å². The second kappa shape index (κ2) is 11.9. The molecule has 0 spiro atoms. The van der Waals surface area contributed by atoms with Gasteiger partial charge in [-0.05, 0) is 19.8 Å². The summed E-state index contributed by atoms with van der Waals surface area (Å²) in [6.45, 7) is 7.34. The summed E-state index contributed by atoms with van der Waals surface area (Å²) in [6, 6.07) is 0.408. The predicted octanol–water partition coefficient (Wildman–Crippen LogP) is 3.28. The van der Waals surface area contributed by atoms with Gasteiger partial charge in [0.25, 0.3) is 0 Å². The van der Waals surface area contributed by atoms with Crippen LogP contribution in [0.4, 0.5) is 0 Å². The van der Waals surface area contributed by atoms with Gasteiger partial charge in [0.15, 0.2) is 0 Å². The minimum absolute atomic E-state index is 0.126. The quantitative estimate of drug-likeness (QED) is 0.447. The summed E-state index contributed by atoms with van der Waals surface area (Å²) in [5, 5.41) is 3.21. The fraction of sp³-hybridized carbons (Fsp3) is 0.929. The van der Waals surface area contributed by atoms with E-state index in [0.29, 0.717) is 19.2 Å². The van der Waals surface area contributed by atoms with Gasteiger partial charge in [-0.2, -0.15) is 0 Å². The third-order valence-corrected chi connectivity index (χ3v) is 2.85. The number of rotatable bonds is 11. The van der Waals surface area contributed by atoms with Gasteiger partial charge in [0.2, 0.25) is 0 Å². The Balaban J connectivity index is 3.35. The van der Waals surface area contributed by atoms with E-state index < -0.39 is 0 Å². The molecule has 3 heteroatoms. The second-order valence-electron chi connectivity index (χ2n) is 4.71. The summed E-state index contributed by atoms with van der Waals surface area (Å²) >= 11 is 0. The van der Waals surface area contributed by atoms with Crippen LogP contribution in [-0.4, -0.2) is 25.2 Å². The highest BCUT2D eigenvalue weighted by atomic mass is 16.5. The second-order valence-corrected chi connectivity index (χ2v) is 4.71. The van der Waals surface area contributed by atoms with Crippen LogP contribution in [0.15, 0.2) is 0 Å². The lowest BCUT2D eigenvalue weighted by atomic mass is 10.1. The molecule has 0 aliphatic carbocycles. The van der Waals surface area contributed by atoms with Gasteiger partial charge in [-0.1, -0.05) is 46.0 Å². The molecule has 0 rings (SSSR count). The maximum Gasteiger partial charge on any atom is 0.319 e. The van der Waals surface area contributed by atoms with E-state index in [0.717, 1.165) is 19.3 Å². The Morgan fingerprint density at radius 2 is 1.82 bits per heavy atom. The van der Waals surface area contributed by atoms with Gasteiger partial charge in [0, 0.05) is 6.04 Å². The van der Waals surface area contributed by atoms with Crippen molar-refractivity contribution in [2.45, 2.75) is 71.8 Å². The average molecular weight is 243 g/mol. The molecule has 102 valence electrons. The third-order valence-electron chi connectivity index (χ3n) is 2.85. The van der Waals surface area contributed by atoms with Crippen LogP contribution in [0, 0.1) is 0 Å². The van der Waals surface area contributed by atoms with Gasteiger partial charge in [-0.15, -0.1) is 0 Å². The molecule has 1 unspecified atom stereocenters. The highest BCUT2D eigenvalue weighted by Gasteiger charge is 2.05. The number of carbonyl (C=O) groups is 1. The van der Waals surface area contributed by atoms with E-state index in [1.165, 1.54) is 25.7 Å². The Kier molecular flexibility index (Phi) is 11.5. The zero-order valence-electron chi connectivity index (χ0n) is 11.8. The number of ether oxygens (including phenoxy) is 1. The average Bonchev–Trinajstić information content (AvgIpc) is 2.32. The van der Waals surface area contributed by atoms with Crippen LogP contribution < -0.4 is 5.32 Å². The number of hydrogen-bond donors (Lipinski definition) is 1. The van der Waals surface area contributed by atoms with Crippen LogP contribution in [0.3, 0.4) is 0 Å². The maximum absolute atomic E-state index is 11.3. The van der Waals surface area contributed by atoms with E-state index in [-0.39, 0.29) is 5.97 Å². The van der Waals surface area contributed by atoms with Gasteiger partial charge in [0.1, 0.15) is 0 Å². The molecular formula is C14H29NO2. The van der Waals surface area contributed by atoms with E-state index in [1.807, 2.05) is 0 Å². The topological polar surface area (TPSA) is 38.3 Å². The fourth-order valence-corrected chi connectivity index (χ4v) is 1.62. The molecule has 0 saturated carbocycles. The summed E-state index contributed by atoms with van der Waals surface area (Å²) in [5.41, 5.74) is 0. The van der Waals surface area contributed by atoms with E-state index in [4.69, 9.17) is 4.74 Å². The number of hydrogen-bond acceptors (Lipinski definition) is 3. The van der Waals surface area contributed by atoms with Crippen LogP contribution in [0.1, 0.15) is 65.7 Å². The minimum atomic E-state index is -0.126. The predicted molar refractivity (Wildman–Crippen MR) is 72.1 cm³/mol. The lowest BCUT2D eigenvalue weighted by molar-refractivity contribution is -0.142. The number of unbranched alkanes of at least 4 members (excludes halogenated alkanes) is 4. The van der Waals surface area contributed by atoms with E-state index >= 15 is 0 Å². The van der Waals surface area contributed by atoms with Crippen LogP contribution >= 0.6 is 0 Å². The highest BCUT2D eigenvalue weighted by molar-refractivity contribution is 5.71. The molecule has 0 aromatic rings. The molecule has 0 aromatic carbocycles. The first-order chi connectivity index (χ1) is 8.20. The van der Waals surface area contributed by atoms with Crippen LogP contribution in [-0.2, 0) is 9.53 Å². The summed E-state index contributed by atoms with van der Waals surface area (Å²) in [4.78, 5) is 11.3. The fourth-order valence-electron chi connectivity index (χ4n) is 1.62. The van der Waals surface area contributed by atoms with Crippen LogP contribution in [0.25, 0.3) is 0 Å². The van der Waals surface area contributed by atoms with Crippen molar-refractivity contribution in [3.8, 4) is 0 Å². The van der Waals surface area contributed by atoms with Gasteiger partial charge in [-0.25, -0.2) is 0 Å². The van der Waals surface area contributed by atoms with Crippen molar-refractivity contribution < 1.29 is 9.53 Å². The third kappa shape index (κ3) is 11.7. The molecule has 0 aliphatic heterocycles. The molecule has 0 amide bonds. The Morgan fingerprint density at radius 3 is 2.47 bits per heavy atom. The first-order valence-corrected chi connectivity index (χ1v) is 7.09. The first-order valence-electron chi connectivity index (χ1n) is 7.09. The monoisotopic (exact) mass is 243 g/mol. The van der Waals surface area contributed by atoms with Crippen molar-refractivity contribution in [3.63, 3.8) is 0 Å². The SMILES string of the molecule is CCCCCCC(C)NCC(=O)OCCCC. The first kappa shape index (κ1) is 16.4. The molecule has 0 heterocycles. The summed E-state index contributed by atoms with van der Waals surface area (Å²) in [5.74, 6) is -0.126. The minimum Gasteiger partial charge on any atom is -0.465 e. The maximum atomic E-state index is 11.3. The normalized spacial score (nSPS) is 12.4. The van der Waals surface area contributed by atoms with E-state index in [1.54, 1.807) is 0 Å². The number of carbonyl (C=O) groups excluding carboxylic acids is 1. The number of esters is 1. The van der Waals surface area contributed by atoms with Crippen molar-refractivity contribution >= 4 is 5.97 Å². The lowest BCUT2D eigenvalue weighted by Gasteiger charge is -2.13. The van der Waals surface area contributed by atoms with Crippen molar-refractivity contribution in [3.05, 3.63) is 0 Å². The zero-order valence-corrected chi connectivity index (χ0v) is 11.8. The number of nitrogens with one attached hydrogen (secondary N) is 1.